The molecule has 0 radical (unpaired) electrons. The van der Waals surface area contributed by atoms with Gasteiger partial charge in [-0.15, -0.1) is 18.3 Å². The van der Waals surface area contributed by atoms with Gasteiger partial charge in [-0.3, -0.25) is 4.79 Å². The van der Waals surface area contributed by atoms with Crippen molar-refractivity contribution in [2.24, 2.45) is 5.73 Å². The highest BCUT2D eigenvalue weighted by Crippen LogP contribution is 2.27. The highest BCUT2D eigenvalue weighted by Gasteiger charge is 2.30. The fourth-order valence-corrected chi connectivity index (χ4v) is 2.22. The zero-order valence-corrected chi connectivity index (χ0v) is 12.1. The zero-order valence-electron chi connectivity index (χ0n) is 12.1. The number of aromatic nitrogens is 3. The average Bonchev–Trinajstić information content (AvgIpc) is 2.54. The summed E-state index contributed by atoms with van der Waals surface area (Å²) in [5, 5.41) is 7.89. The molecule has 0 unspecified atom stereocenters. The van der Waals surface area contributed by atoms with Crippen LogP contribution in [0.15, 0.2) is 47.3 Å². The Bertz CT molecular complexity index is 936. The third-order valence-corrected chi connectivity index (χ3v) is 3.32. The predicted molar refractivity (Wildman–Crippen MR) is 80.1 cm³/mol. The average molecular weight is 336 g/mol. The molecule has 0 saturated heterocycles. The van der Waals surface area contributed by atoms with Crippen LogP contribution < -0.4 is 16.0 Å². The number of alkyl halides is 3. The van der Waals surface area contributed by atoms with Gasteiger partial charge in [-0.1, -0.05) is 23.4 Å². The fourth-order valence-electron chi connectivity index (χ4n) is 2.22. The number of hydrogen-bond acceptors (Lipinski definition) is 5. The van der Waals surface area contributed by atoms with Crippen LogP contribution in [-0.4, -0.2) is 21.4 Å². The number of hydrogen-bond donors (Lipinski definition) is 1. The Balaban J connectivity index is 2.00. The Morgan fingerprint density at radius 3 is 2.38 bits per heavy atom. The molecule has 24 heavy (non-hydrogen) atoms. The Kier molecular flexibility index (Phi) is 3.94. The Morgan fingerprint density at radius 1 is 1.08 bits per heavy atom. The summed E-state index contributed by atoms with van der Waals surface area (Å²) >= 11 is 0. The van der Waals surface area contributed by atoms with E-state index in [1.807, 2.05) is 0 Å². The van der Waals surface area contributed by atoms with Gasteiger partial charge in [0.2, 0.25) is 0 Å². The van der Waals surface area contributed by atoms with Crippen molar-refractivity contribution in [3.05, 3.63) is 52.8 Å². The van der Waals surface area contributed by atoms with Crippen molar-refractivity contribution in [1.29, 1.82) is 0 Å². The molecule has 0 aliphatic carbocycles. The minimum atomic E-state index is -4.74. The van der Waals surface area contributed by atoms with Crippen molar-refractivity contribution in [2.45, 2.75) is 13.0 Å². The highest BCUT2D eigenvalue weighted by atomic mass is 19.4. The summed E-state index contributed by atoms with van der Waals surface area (Å²) in [7, 11) is 0. The lowest BCUT2D eigenvalue weighted by Gasteiger charge is -2.09. The van der Waals surface area contributed by atoms with Gasteiger partial charge in [0.05, 0.1) is 12.1 Å². The fraction of sp³-hybridized carbons (Fsp3) is 0.133. The molecule has 0 fully saturated rings. The van der Waals surface area contributed by atoms with Crippen LogP contribution in [0.5, 0.6) is 5.75 Å². The Morgan fingerprint density at radius 2 is 1.75 bits per heavy atom. The van der Waals surface area contributed by atoms with Crippen LogP contribution in [0.4, 0.5) is 13.2 Å². The van der Waals surface area contributed by atoms with Gasteiger partial charge in [-0.25, -0.2) is 0 Å². The first-order chi connectivity index (χ1) is 11.4. The molecular formula is C15H11F3N4O2. The van der Waals surface area contributed by atoms with Gasteiger partial charge in [0, 0.05) is 0 Å². The van der Waals surface area contributed by atoms with Gasteiger partial charge in [-0.2, -0.15) is 4.68 Å². The van der Waals surface area contributed by atoms with E-state index in [9.17, 15) is 18.0 Å². The molecular weight excluding hydrogens is 325 g/mol. The first-order valence-electron chi connectivity index (χ1n) is 6.81. The number of nitrogens with zero attached hydrogens (tertiary/aromatic N) is 3. The van der Waals surface area contributed by atoms with E-state index in [0.29, 0.717) is 22.0 Å². The second kappa shape index (κ2) is 5.93. The molecule has 1 aromatic heterocycles. The Hall–Kier alpha value is -2.94. The first kappa shape index (κ1) is 15.9. The van der Waals surface area contributed by atoms with Crippen molar-refractivity contribution in [3.8, 4) is 16.9 Å². The van der Waals surface area contributed by atoms with Crippen LogP contribution in [0.1, 0.15) is 0 Å². The summed E-state index contributed by atoms with van der Waals surface area (Å²) in [6.07, 6.45) is -4.74. The zero-order chi connectivity index (χ0) is 17.3. The van der Waals surface area contributed by atoms with Crippen molar-refractivity contribution < 1.29 is 17.9 Å². The normalized spacial score (nSPS) is 11.7. The van der Waals surface area contributed by atoms with E-state index in [-0.39, 0.29) is 18.0 Å². The van der Waals surface area contributed by atoms with Crippen molar-refractivity contribution in [2.75, 3.05) is 0 Å². The molecule has 9 heteroatoms. The third kappa shape index (κ3) is 3.20. The molecule has 3 rings (SSSR count). The summed E-state index contributed by atoms with van der Waals surface area (Å²) in [5.74, 6) is -0.316. The van der Waals surface area contributed by atoms with Gasteiger partial charge in [0.25, 0.3) is 5.56 Å². The molecule has 2 N–H and O–H groups in total. The number of nitrogens with two attached hydrogens (primary N) is 1. The monoisotopic (exact) mass is 336 g/mol. The van der Waals surface area contributed by atoms with Crippen LogP contribution in [0, 0.1) is 0 Å². The van der Waals surface area contributed by atoms with E-state index < -0.39 is 6.36 Å². The molecule has 124 valence electrons. The summed E-state index contributed by atoms with van der Waals surface area (Å²) in [6, 6.07) is 10.3. The van der Waals surface area contributed by atoms with E-state index in [1.165, 1.54) is 24.3 Å². The van der Waals surface area contributed by atoms with E-state index >= 15 is 0 Å². The van der Waals surface area contributed by atoms with Crippen LogP contribution in [0.25, 0.3) is 22.0 Å². The molecule has 2 aromatic carbocycles. The topological polar surface area (TPSA) is 83.0 Å². The molecule has 0 bridgehead atoms. The number of rotatable bonds is 3. The SMILES string of the molecule is NCn1nnc2ccc(-c3ccc(OC(F)(F)F)cc3)cc2c1=O. The summed E-state index contributed by atoms with van der Waals surface area (Å²) < 4.78 is 41.4. The quantitative estimate of drug-likeness (QED) is 0.793. The number of halogens is 3. The molecule has 3 aromatic rings. The molecule has 0 amide bonds. The first-order valence-corrected chi connectivity index (χ1v) is 6.81. The van der Waals surface area contributed by atoms with E-state index in [1.54, 1.807) is 18.2 Å². The van der Waals surface area contributed by atoms with Crippen LogP contribution in [0.3, 0.4) is 0 Å². The summed E-state index contributed by atoms with van der Waals surface area (Å²) in [4.78, 5) is 12.2. The molecule has 6 nitrogen and oxygen atoms in total. The maximum absolute atomic E-state index is 12.2. The smallest absolute Gasteiger partial charge is 0.406 e. The van der Waals surface area contributed by atoms with Gasteiger partial charge in [0.15, 0.2) is 0 Å². The van der Waals surface area contributed by atoms with E-state index in [0.717, 1.165) is 4.68 Å². The van der Waals surface area contributed by atoms with Gasteiger partial charge >= 0.3 is 6.36 Å². The lowest BCUT2D eigenvalue weighted by atomic mass is 10.0. The molecule has 0 atom stereocenters. The van der Waals surface area contributed by atoms with Crippen molar-refractivity contribution >= 4 is 10.9 Å². The molecule has 0 spiro atoms. The number of fused-ring (bicyclic) bond motifs is 1. The van der Waals surface area contributed by atoms with Crippen molar-refractivity contribution in [3.63, 3.8) is 0 Å². The lowest BCUT2D eigenvalue weighted by Crippen LogP contribution is -2.27. The number of benzene rings is 2. The van der Waals surface area contributed by atoms with E-state index in [4.69, 9.17) is 5.73 Å². The maximum Gasteiger partial charge on any atom is 0.573 e. The van der Waals surface area contributed by atoms with Crippen LogP contribution in [-0.2, 0) is 6.67 Å². The van der Waals surface area contributed by atoms with Gasteiger partial charge in [-0.05, 0) is 35.4 Å². The van der Waals surface area contributed by atoms with E-state index in [2.05, 4.69) is 15.0 Å². The van der Waals surface area contributed by atoms with Crippen LogP contribution in [0.2, 0.25) is 0 Å². The largest absolute Gasteiger partial charge is 0.573 e. The third-order valence-electron chi connectivity index (χ3n) is 3.32. The van der Waals surface area contributed by atoms with Gasteiger partial charge < -0.3 is 10.5 Å². The minimum absolute atomic E-state index is 0.102. The standard InChI is InChI=1S/C15H11F3N4O2/c16-15(17,18)24-11-4-1-9(2-5-11)10-3-6-13-12(7-10)14(23)22(8-19)21-20-13/h1-7H,8,19H2. The minimum Gasteiger partial charge on any atom is -0.406 e. The summed E-state index contributed by atoms with van der Waals surface area (Å²) in [5.41, 5.74) is 6.71. The highest BCUT2D eigenvalue weighted by molar-refractivity contribution is 5.83. The van der Waals surface area contributed by atoms with Crippen LogP contribution >= 0.6 is 0 Å². The lowest BCUT2D eigenvalue weighted by molar-refractivity contribution is -0.274. The van der Waals surface area contributed by atoms with Crippen molar-refractivity contribution in [1.82, 2.24) is 15.0 Å². The molecule has 0 saturated carbocycles. The van der Waals surface area contributed by atoms with Gasteiger partial charge in [0.1, 0.15) is 11.3 Å². The summed E-state index contributed by atoms with van der Waals surface area (Å²) in [6.45, 7) is -0.102. The predicted octanol–water partition coefficient (Wildman–Crippen LogP) is 2.27. The molecule has 0 aliphatic heterocycles. The number of ether oxygens (including phenoxy) is 1. The maximum atomic E-state index is 12.2. The Labute approximate surface area is 133 Å². The molecule has 0 aliphatic rings. The molecule has 1 heterocycles. The second-order valence-corrected chi connectivity index (χ2v) is 4.88. The second-order valence-electron chi connectivity index (χ2n) is 4.88.